The second-order valence-corrected chi connectivity index (χ2v) is 7.42. The molecular weight excluding hydrogens is 234 g/mol. The van der Waals surface area contributed by atoms with Gasteiger partial charge in [0, 0.05) is 24.1 Å². The number of ether oxygens (including phenoxy) is 1. The van der Waals surface area contributed by atoms with Gasteiger partial charge in [-0.25, -0.2) is 0 Å². The molecule has 0 bridgehead atoms. The van der Waals surface area contributed by atoms with Gasteiger partial charge in [-0.2, -0.15) is 0 Å². The first kappa shape index (κ1) is 13.0. The summed E-state index contributed by atoms with van der Waals surface area (Å²) in [5, 5.41) is 0. The Morgan fingerprint density at radius 2 is 1.89 bits per heavy atom. The maximum absolute atomic E-state index is 5.74. The molecule has 0 saturated heterocycles. The molecule has 0 aromatic heterocycles. The fraction of sp³-hybridized carbons (Fsp3) is 0.647. The molecule has 1 aliphatic carbocycles. The van der Waals surface area contributed by atoms with Crippen molar-refractivity contribution >= 4 is 0 Å². The number of fused-ring (bicyclic) bond motifs is 2. The summed E-state index contributed by atoms with van der Waals surface area (Å²) in [5.74, 6) is 1.12. The van der Waals surface area contributed by atoms with Crippen LogP contribution in [-0.4, -0.2) is 25.6 Å². The SMILES string of the molecule is COc1cc(C(C)(C)C)cc2c1C1(CC1)CN(C)C2. The predicted molar refractivity (Wildman–Crippen MR) is 78.9 cm³/mol. The van der Waals surface area contributed by atoms with E-state index in [2.05, 4.69) is 44.9 Å². The van der Waals surface area contributed by atoms with Crippen molar-refractivity contribution in [1.29, 1.82) is 0 Å². The van der Waals surface area contributed by atoms with Crippen LogP contribution in [0.1, 0.15) is 50.3 Å². The van der Waals surface area contributed by atoms with Crippen LogP contribution >= 0.6 is 0 Å². The predicted octanol–water partition coefficient (Wildman–Crippen LogP) is 3.47. The van der Waals surface area contributed by atoms with Crippen LogP contribution in [0.2, 0.25) is 0 Å². The molecule has 1 heterocycles. The topological polar surface area (TPSA) is 12.5 Å². The molecule has 2 heteroatoms. The van der Waals surface area contributed by atoms with Crippen LogP contribution in [0.4, 0.5) is 0 Å². The van der Waals surface area contributed by atoms with Gasteiger partial charge in [0.2, 0.25) is 0 Å². The lowest BCUT2D eigenvalue weighted by Crippen LogP contribution is -2.35. The third-order valence-corrected chi connectivity index (χ3v) is 4.67. The van der Waals surface area contributed by atoms with E-state index in [0.29, 0.717) is 5.41 Å². The van der Waals surface area contributed by atoms with Crippen LogP contribution in [0.25, 0.3) is 0 Å². The van der Waals surface area contributed by atoms with Gasteiger partial charge in [-0.1, -0.05) is 26.8 Å². The van der Waals surface area contributed by atoms with E-state index < -0.39 is 0 Å². The molecule has 0 amide bonds. The highest BCUT2D eigenvalue weighted by Gasteiger charge is 2.50. The highest BCUT2D eigenvalue weighted by Crippen LogP contribution is 2.55. The highest BCUT2D eigenvalue weighted by atomic mass is 16.5. The fourth-order valence-corrected chi connectivity index (χ4v) is 3.50. The van der Waals surface area contributed by atoms with E-state index in [4.69, 9.17) is 4.74 Å². The quantitative estimate of drug-likeness (QED) is 0.765. The summed E-state index contributed by atoms with van der Waals surface area (Å²) in [5.41, 5.74) is 4.94. The van der Waals surface area contributed by atoms with E-state index in [9.17, 15) is 0 Å². The molecule has 0 unspecified atom stereocenters. The van der Waals surface area contributed by atoms with Crippen LogP contribution in [0.3, 0.4) is 0 Å². The fourth-order valence-electron chi connectivity index (χ4n) is 3.50. The molecule has 104 valence electrons. The lowest BCUT2D eigenvalue weighted by molar-refractivity contribution is 0.264. The standard InChI is InChI=1S/C17H25NO/c1-16(2,3)13-8-12-10-18(4)11-17(6-7-17)15(12)14(9-13)19-5/h8-9H,6-7,10-11H2,1-5H3. The van der Waals surface area contributed by atoms with Crippen molar-refractivity contribution in [3.8, 4) is 5.75 Å². The largest absolute Gasteiger partial charge is 0.496 e. The van der Waals surface area contributed by atoms with Crippen LogP contribution < -0.4 is 4.74 Å². The van der Waals surface area contributed by atoms with Gasteiger partial charge >= 0.3 is 0 Å². The summed E-state index contributed by atoms with van der Waals surface area (Å²) < 4.78 is 5.74. The summed E-state index contributed by atoms with van der Waals surface area (Å²) in [4.78, 5) is 2.46. The van der Waals surface area contributed by atoms with Crippen LogP contribution in [-0.2, 0) is 17.4 Å². The maximum Gasteiger partial charge on any atom is 0.123 e. The van der Waals surface area contributed by atoms with E-state index in [1.165, 1.54) is 36.1 Å². The van der Waals surface area contributed by atoms with E-state index in [1.807, 2.05) is 7.11 Å². The van der Waals surface area contributed by atoms with Crippen molar-refractivity contribution < 1.29 is 4.74 Å². The second kappa shape index (κ2) is 3.99. The van der Waals surface area contributed by atoms with Crippen molar-refractivity contribution in [2.75, 3.05) is 20.7 Å². The zero-order chi connectivity index (χ0) is 13.8. The van der Waals surface area contributed by atoms with Crippen molar-refractivity contribution in [2.45, 2.75) is 51.0 Å². The van der Waals surface area contributed by atoms with Gasteiger partial charge in [-0.3, -0.25) is 0 Å². The summed E-state index contributed by atoms with van der Waals surface area (Å²) >= 11 is 0. The molecule has 2 aliphatic rings. The molecule has 1 fully saturated rings. The molecule has 0 N–H and O–H groups in total. The first-order valence-corrected chi connectivity index (χ1v) is 7.26. The van der Waals surface area contributed by atoms with Crippen molar-refractivity contribution in [2.24, 2.45) is 0 Å². The van der Waals surface area contributed by atoms with E-state index >= 15 is 0 Å². The molecule has 2 nitrogen and oxygen atoms in total. The van der Waals surface area contributed by atoms with E-state index in [0.717, 1.165) is 12.3 Å². The van der Waals surface area contributed by atoms with E-state index in [1.54, 1.807) is 0 Å². The Labute approximate surface area is 116 Å². The van der Waals surface area contributed by atoms with Crippen LogP contribution in [0, 0.1) is 0 Å². The number of nitrogens with zero attached hydrogens (tertiary/aromatic N) is 1. The van der Waals surface area contributed by atoms with Gasteiger partial charge in [0.25, 0.3) is 0 Å². The van der Waals surface area contributed by atoms with Gasteiger partial charge in [-0.05, 0) is 42.5 Å². The second-order valence-electron chi connectivity index (χ2n) is 7.42. The molecule has 1 aliphatic heterocycles. The lowest BCUT2D eigenvalue weighted by Gasteiger charge is -2.35. The highest BCUT2D eigenvalue weighted by molar-refractivity contribution is 5.53. The smallest absolute Gasteiger partial charge is 0.123 e. The minimum Gasteiger partial charge on any atom is -0.496 e. The minimum atomic E-state index is 0.176. The molecule has 0 atom stereocenters. The minimum absolute atomic E-state index is 0.176. The molecule has 1 saturated carbocycles. The van der Waals surface area contributed by atoms with Crippen molar-refractivity contribution in [3.05, 3.63) is 28.8 Å². The first-order chi connectivity index (χ1) is 8.86. The Morgan fingerprint density at radius 1 is 1.21 bits per heavy atom. The van der Waals surface area contributed by atoms with Crippen LogP contribution in [0.5, 0.6) is 5.75 Å². The lowest BCUT2D eigenvalue weighted by atomic mass is 9.80. The van der Waals surface area contributed by atoms with Gasteiger partial charge in [0.15, 0.2) is 0 Å². The summed E-state index contributed by atoms with van der Waals surface area (Å²) in [6.45, 7) is 9.05. The third-order valence-electron chi connectivity index (χ3n) is 4.67. The Balaban J connectivity index is 2.17. The van der Waals surface area contributed by atoms with Gasteiger partial charge in [-0.15, -0.1) is 0 Å². The number of benzene rings is 1. The average molecular weight is 259 g/mol. The third kappa shape index (κ3) is 2.06. The molecular formula is C17H25NO. The van der Waals surface area contributed by atoms with Gasteiger partial charge in [0.05, 0.1) is 7.11 Å². The summed E-state index contributed by atoms with van der Waals surface area (Å²) in [6, 6.07) is 4.68. The van der Waals surface area contributed by atoms with Gasteiger partial charge < -0.3 is 9.64 Å². The van der Waals surface area contributed by atoms with Crippen molar-refractivity contribution in [3.63, 3.8) is 0 Å². The number of methoxy groups -OCH3 is 1. The zero-order valence-electron chi connectivity index (χ0n) is 12.8. The molecule has 1 aromatic rings. The number of hydrogen-bond donors (Lipinski definition) is 0. The van der Waals surface area contributed by atoms with Gasteiger partial charge in [0.1, 0.15) is 5.75 Å². The number of likely N-dealkylation sites (N-methyl/N-ethyl adjacent to an activating group) is 1. The Hall–Kier alpha value is -1.02. The summed E-state index contributed by atoms with van der Waals surface area (Å²) in [7, 11) is 4.05. The zero-order valence-corrected chi connectivity index (χ0v) is 12.8. The maximum atomic E-state index is 5.74. The normalized spacial score (nSPS) is 21.3. The molecule has 0 radical (unpaired) electrons. The first-order valence-electron chi connectivity index (χ1n) is 7.26. The summed E-state index contributed by atoms with van der Waals surface area (Å²) in [6.07, 6.45) is 2.63. The Bertz CT molecular complexity index is 509. The Kier molecular flexibility index (Phi) is 2.72. The molecule has 1 aromatic carbocycles. The van der Waals surface area contributed by atoms with Crippen molar-refractivity contribution in [1.82, 2.24) is 4.90 Å². The molecule has 3 rings (SSSR count). The number of hydrogen-bond acceptors (Lipinski definition) is 2. The molecule has 19 heavy (non-hydrogen) atoms. The number of rotatable bonds is 1. The van der Waals surface area contributed by atoms with E-state index in [-0.39, 0.29) is 5.41 Å². The molecule has 1 spiro atoms. The van der Waals surface area contributed by atoms with Crippen LogP contribution in [0.15, 0.2) is 12.1 Å². The monoisotopic (exact) mass is 259 g/mol. The average Bonchev–Trinajstić information content (AvgIpc) is 3.06. The Morgan fingerprint density at radius 3 is 2.42 bits per heavy atom.